The van der Waals surface area contributed by atoms with E-state index in [0.717, 1.165) is 50.3 Å². The zero-order chi connectivity index (χ0) is 21.8. The Morgan fingerprint density at radius 1 is 0.935 bits per heavy atom. The summed E-state index contributed by atoms with van der Waals surface area (Å²) in [7, 11) is 1.78. The Hall–Kier alpha value is -3.09. The van der Waals surface area contributed by atoms with Gasteiger partial charge in [0, 0.05) is 57.6 Å². The molecule has 2 aromatic carbocycles. The summed E-state index contributed by atoms with van der Waals surface area (Å²) in [5.74, 6) is -0.180. The fourth-order valence-electron chi connectivity index (χ4n) is 4.66. The maximum Gasteiger partial charge on any atom is 0.270 e. The molecule has 31 heavy (non-hydrogen) atoms. The Labute approximate surface area is 183 Å². The monoisotopic (exact) mass is 422 g/mol. The van der Waals surface area contributed by atoms with Crippen molar-refractivity contribution < 1.29 is 9.72 Å². The van der Waals surface area contributed by atoms with Crippen molar-refractivity contribution in [3.05, 3.63) is 63.7 Å². The molecule has 1 amide bonds. The molecule has 2 saturated heterocycles. The van der Waals surface area contributed by atoms with E-state index in [1.165, 1.54) is 37.1 Å². The molecule has 2 heterocycles. The van der Waals surface area contributed by atoms with Crippen molar-refractivity contribution in [3.8, 4) is 0 Å². The lowest BCUT2D eigenvalue weighted by Gasteiger charge is -2.31. The molecule has 164 valence electrons. The number of non-ortho nitro benzene ring substituents is 1. The van der Waals surface area contributed by atoms with E-state index in [1.54, 1.807) is 18.0 Å². The van der Waals surface area contributed by atoms with E-state index in [4.69, 9.17) is 0 Å². The number of nitro groups is 1. The van der Waals surface area contributed by atoms with Gasteiger partial charge in [-0.05, 0) is 49.8 Å². The summed E-state index contributed by atoms with van der Waals surface area (Å²) < 4.78 is 0. The van der Waals surface area contributed by atoms with Gasteiger partial charge >= 0.3 is 0 Å². The number of nitrogens with zero attached hydrogens (tertiary/aromatic N) is 4. The second kappa shape index (κ2) is 9.37. The van der Waals surface area contributed by atoms with E-state index in [1.807, 2.05) is 12.1 Å². The van der Waals surface area contributed by atoms with Gasteiger partial charge in [-0.15, -0.1) is 0 Å². The second-order valence-electron chi connectivity index (χ2n) is 8.49. The van der Waals surface area contributed by atoms with E-state index in [-0.39, 0.29) is 11.6 Å². The van der Waals surface area contributed by atoms with Crippen molar-refractivity contribution in [1.29, 1.82) is 0 Å². The summed E-state index contributed by atoms with van der Waals surface area (Å²) in [6, 6.07) is 12.9. The Morgan fingerprint density at radius 2 is 1.55 bits per heavy atom. The van der Waals surface area contributed by atoms with Gasteiger partial charge in [-0.3, -0.25) is 14.9 Å². The van der Waals surface area contributed by atoms with Gasteiger partial charge in [0.05, 0.1) is 16.2 Å². The number of hydrogen-bond acceptors (Lipinski definition) is 5. The summed E-state index contributed by atoms with van der Waals surface area (Å²) in [6.07, 6.45) is 5.71. The van der Waals surface area contributed by atoms with Crippen LogP contribution in [0.2, 0.25) is 0 Å². The van der Waals surface area contributed by atoms with E-state index in [0.29, 0.717) is 12.1 Å². The van der Waals surface area contributed by atoms with Crippen LogP contribution < -0.4 is 9.80 Å². The zero-order valence-electron chi connectivity index (χ0n) is 18.1. The molecule has 0 atom stereocenters. The highest BCUT2D eigenvalue weighted by Gasteiger charge is 2.25. The lowest BCUT2D eigenvalue weighted by molar-refractivity contribution is -0.384. The van der Waals surface area contributed by atoms with Crippen LogP contribution in [0.1, 0.15) is 48.0 Å². The number of rotatable bonds is 6. The fourth-order valence-corrected chi connectivity index (χ4v) is 4.66. The van der Waals surface area contributed by atoms with Crippen LogP contribution in [0.5, 0.6) is 0 Å². The molecule has 2 aliphatic heterocycles. The van der Waals surface area contributed by atoms with Crippen molar-refractivity contribution in [3.63, 3.8) is 0 Å². The van der Waals surface area contributed by atoms with Gasteiger partial charge in [0.1, 0.15) is 0 Å². The molecule has 2 aromatic rings. The van der Waals surface area contributed by atoms with Crippen molar-refractivity contribution >= 4 is 23.0 Å². The van der Waals surface area contributed by atoms with Crippen molar-refractivity contribution in [1.82, 2.24) is 4.90 Å². The third kappa shape index (κ3) is 4.65. The quantitative estimate of drug-likeness (QED) is 0.508. The highest BCUT2D eigenvalue weighted by atomic mass is 16.6. The van der Waals surface area contributed by atoms with E-state index >= 15 is 0 Å². The van der Waals surface area contributed by atoms with Crippen LogP contribution in [0, 0.1) is 10.1 Å². The van der Waals surface area contributed by atoms with Crippen LogP contribution in [0.4, 0.5) is 17.1 Å². The maximum atomic E-state index is 13.5. The smallest absolute Gasteiger partial charge is 0.270 e. The highest BCUT2D eigenvalue weighted by Crippen LogP contribution is 2.30. The highest BCUT2D eigenvalue weighted by molar-refractivity contribution is 6.00. The first-order valence-electron chi connectivity index (χ1n) is 11.2. The SMILES string of the molecule is CN(Cc1ccccc1N1CCCC1)C(=O)c1cc([N+](=O)[O-])ccc1N1CCCCC1. The Bertz CT molecular complexity index is 950. The minimum Gasteiger partial charge on any atom is -0.371 e. The molecule has 0 aliphatic carbocycles. The summed E-state index contributed by atoms with van der Waals surface area (Å²) in [6.45, 7) is 4.30. The average molecular weight is 423 g/mol. The van der Waals surface area contributed by atoms with Gasteiger partial charge in [-0.25, -0.2) is 0 Å². The minimum atomic E-state index is -0.431. The minimum absolute atomic E-state index is 0.0463. The van der Waals surface area contributed by atoms with Crippen LogP contribution in [-0.4, -0.2) is 49.0 Å². The number of para-hydroxylation sites is 1. The van der Waals surface area contributed by atoms with Gasteiger partial charge in [0.2, 0.25) is 0 Å². The first kappa shape index (κ1) is 21.2. The van der Waals surface area contributed by atoms with Crippen LogP contribution in [0.3, 0.4) is 0 Å². The number of benzene rings is 2. The van der Waals surface area contributed by atoms with E-state index < -0.39 is 4.92 Å². The number of carbonyl (C=O) groups excluding carboxylic acids is 1. The number of hydrogen-bond donors (Lipinski definition) is 0. The van der Waals surface area contributed by atoms with Crippen LogP contribution in [0.15, 0.2) is 42.5 Å². The lowest BCUT2D eigenvalue weighted by atomic mass is 10.0. The number of carbonyl (C=O) groups is 1. The molecule has 0 spiro atoms. The molecule has 7 heteroatoms. The molecule has 0 aromatic heterocycles. The molecular weight excluding hydrogens is 392 g/mol. The number of nitro benzene ring substituents is 1. The van der Waals surface area contributed by atoms with Crippen molar-refractivity contribution in [2.75, 3.05) is 43.0 Å². The molecule has 0 N–H and O–H groups in total. The van der Waals surface area contributed by atoms with Gasteiger partial charge in [0.25, 0.3) is 11.6 Å². The van der Waals surface area contributed by atoms with Gasteiger partial charge in [-0.1, -0.05) is 18.2 Å². The number of amides is 1. The second-order valence-corrected chi connectivity index (χ2v) is 8.49. The molecule has 0 unspecified atom stereocenters. The van der Waals surface area contributed by atoms with Crippen LogP contribution >= 0.6 is 0 Å². The maximum absolute atomic E-state index is 13.5. The van der Waals surface area contributed by atoms with Crippen molar-refractivity contribution in [2.24, 2.45) is 0 Å². The van der Waals surface area contributed by atoms with E-state index in [2.05, 4.69) is 21.9 Å². The molecule has 0 bridgehead atoms. The number of anilines is 2. The topological polar surface area (TPSA) is 69.9 Å². The molecule has 2 aliphatic rings. The van der Waals surface area contributed by atoms with Gasteiger partial charge in [0.15, 0.2) is 0 Å². The molecule has 0 saturated carbocycles. The predicted octanol–water partition coefficient (Wildman–Crippen LogP) is 4.46. The van der Waals surface area contributed by atoms with Crippen molar-refractivity contribution in [2.45, 2.75) is 38.6 Å². The largest absolute Gasteiger partial charge is 0.371 e. The zero-order valence-corrected chi connectivity index (χ0v) is 18.1. The normalized spacial score (nSPS) is 16.4. The molecule has 4 rings (SSSR count). The third-order valence-electron chi connectivity index (χ3n) is 6.31. The summed E-state index contributed by atoms with van der Waals surface area (Å²) in [4.78, 5) is 30.7. The van der Waals surface area contributed by atoms with Gasteiger partial charge < -0.3 is 14.7 Å². The summed E-state index contributed by atoms with van der Waals surface area (Å²) >= 11 is 0. The molecule has 0 radical (unpaired) electrons. The third-order valence-corrected chi connectivity index (χ3v) is 6.31. The molecule has 2 fully saturated rings. The molecular formula is C24H30N4O3. The summed E-state index contributed by atoms with van der Waals surface area (Å²) in [5.41, 5.74) is 3.45. The first-order valence-corrected chi connectivity index (χ1v) is 11.2. The first-order chi connectivity index (χ1) is 15.0. The van der Waals surface area contributed by atoms with E-state index in [9.17, 15) is 14.9 Å². The lowest BCUT2D eigenvalue weighted by Crippen LogP contribution is -2.33. The Kier molecular flexibility index (Phi) is 6.39. The van der Waals surface area contributed by atoms with Crippen LogP contribution in [0.25, 0.3) is 0 Å². The fraction of sp³-hybridized carbons (Fsp3) is 0.458. The average Bonchev–Trinajstić information content (AvgIpc) is 3.34. The Morgan fingerprint density at radius 3 is 2.23 bits per heavy atom. The van der Waals surface area contributed by atoms with Crippen LogP contribution in [-0.2, 0) is 6.54 Å². The number of piperidine rings is 1. The van der Waals surface area contributed by atoms with Gasteiger partial charge in [-0.2, -0.15) is 0 Å². The summed E-state index contributed by atoms with van der Waals surface area (Å²) in [5, 5.41) is 11.4. The predicted molar refractivity (Wildman–Crippen MR) is 123 cm³/mol. The molecule has 7 nitrogen and oxygen atoms in total. The standard InChI is InChI=1S/C24H30N4O3/c1-25(18-19-9-3-4-10-22(19)26-15-7-8-16-26)24(29)21-17-20(28(30)31)11-12-23(21)27-13-5-2-6-14-27/h3-4,9-12,17H,2,5-8,13-16,18H2,1H3. The Balaban J connectivity index is 1.61.